The van der Waals surface area contributed by atoms with Crippen LogP contribution in [0.15, 0.2) is 5.38 Å². The Kier molecular flexibility index (Phi) is 5.84. The van der Waals surface area contributed by atoms with Crippen LogP contribution in [0.25, 0.3) is 0 Å². The van der Waals surface area contributed by atoms with E-state index in [1.807, 2.05) is 12.3 Å². The van der Waals surface area contributed by atoms with Crippen molar-refractivity contribution < 1.29 is 9.53 Å². The molecule has 0 radical (unpaired) electrons. The lowest BCUT2D eigenvalue weighted by Crippen LogP contribution is -2.45. The van der Waals surface area contributed by atoms with Gasteiger partial charge in [-0.1, -0.05) is 11.6 Å². The van der Waals surface area contributed by atoms with Gasteiger partial charge in [0.15, 0.2) is 0 Å². The van der Waals surface area contributed by atoms with Gasteiger partial charge in [0, 0.05) is 32.8 Å². The maximum atomic E-state index is 12.2. The number of thiophene rings is 1. The lowest BCUT2D eigenvalue weighted by molar-refractivity contribution is 0.0897. The summed E-state index contributed by atoms with van der Waals surface area (Å²) in [6.07, 6.45) is 1.97. The van der Waals surface area contributed by atoms with Gasteiger partial charge in [-0.3, -0.25) is 4.79 Å². The Morgan fingerprint density at radius 2 is 2.25 bits per heavy atom. The minimum Gasteiger partial charge on any atom is -0.383 e. The highest BCUT2D eigenvalue weighted by Crippen LogP contribution is 2.27. The van der Waals surface area contributed by atoms with Crippen molar-refractivity contribution >= 4 is 28.8 Å². The molecule has 1 aromatic rings. The summed E-state index contributed by atoms with van der Waals surface area (Å²) in [5.74, 6) is -0.0385. The van der Waals surface area contributed by atoms with Crippen LogP contribution in [-0.4, -0.2) is 50.2 Å². The van der Waals surface area contributed by atoms with Crippen LogP contribution < -0.4 is 5.32 Å². The van der Waals surface area contributed by atoms with Crippen LogP contribution in [0.4, 0.5) is 0 Å². The summed E-state index contributed by atoms with van der Waals surface area (Å²) in [5, 5.41) is 5.60. The molecule has 1 aromatic heterocycles. The maximum absolute atomic E-state index is 12.2. The molecule has 1 fully saturated rings. The summed E-state index contributed by atoms with van der Waals surface area (Å²) in [5.41, 5.74) is 0.969. The van der Waals surface area contributed by atoms with Crippen LogP contribution in [0.2, 0.25) is 5.02 Å². The fraction of sp³-hybridized carbons (Fsp3) is 0.643. The van der Waals surface area contributed by atoms with Crippen LogP contribution in [0.1, 0.15) is 28.1 Å². The number of nitrogens with zero attached hydrogens (tertiary/aromatic N) is 1. The van der Waals surface area contributed by atoms with Crippen LogP contribution >= 0.6 is 22.9 Å². The van der Waals surface area contributed by atoms with E-state index in [2.05, 4.69) is 10.2 Å². The van der Waals surface area contributed by atoms with Gasteiger partial charge in [0.25, 0.3) is 5.91 Å². The number of methoxy groups -OCH3 is 1. The number of carbonyl (C=O) groups excluding carboxylic acids is 1. The third kappa shape index (κ3) is 3.95. The second-order valence-electron chi connectivity index (χ2n) is 5.14. The Morgan fingerprint density at radius 1 is 1.55 bits per heavy atom. The van der Waals surface area contributed by atoms with Crippen molar-refractivity contribution in [2.75, 3.05) is 33.4 Å². The number of carbonyl (C=O) groups is 1. The summed E-state index contributed by atoms with van der Waals surface area (Å²) in [6, 6.07) is 0.250. The topological polar surface area (TPSA) is 41.6 Å². The highest BCUT2D eigenvalue weighted by Gasteiger charge is 2.22. The molecular weight excluding hydrogens is 296 g/mol. The maximum Gasteiger partial charge on any atom is 0.263 e. The van der Waals surface area contributed by atoms with E-state index in [1.165, 1.54) is 11.3 Å². The zero-order chi connectivity index (χ0) is 14.5. The van der Waals surface area contributed by atoms with Gasteiger partial charge >= 0.3 is 0 Å². The van der Waals surface area contributed by atoms with Crippen molar-refractivity contribution in [3.8, 4) is 0 Å². The quantitative estimate of drug-likeness (QED) is 0.907. The number of piperidine rings is 1. The first kappa shape index (κ1) is 15.8. The highest BCUT2D eigenvalue weighted by atomic mass is 35.5. The number of hydrogen-bond donors (Lipinski definition) is 1. The Labute approximate surface area is 129 Å². The Morgan fingerprint density at radius 3 is 2.80 bits per heavy atom. The number of halogens is 1. The predicted octanol–water partition coefficient (Wildman–Crippen LogP) is 2.55. The first-order chi connectivity index (χ1) is 9.61. The first-order valence-electron chi connectivity index (χ1n) is 6.87. The minimum absolute atomic E-state index is 0.0385. The van der Waals surface area contributed by atoms with Gasteiger partial charge in [0.1, 0.15) is 4.88 Å². The van der Waals surface area contributed by atoms with Gasteiger partial charge in [-0.15, -0.1) is 11.3 Å². The predicted molar refractivity (Wildman–Crippen MR) is 82.9 cm³/mol. The van der Waals surface area contributed by atoms with Crippen LogP contribution in [-0.2, 0) is 4.74 Å². The molecule has 4 nitrogen and oxygen atoms in total. The number of ether oxygens (including phenoxy) is 1. The fourth-order valence-corrected chi connectivity index (χ4v) is 3.54. The van der Waals surface area contributed by atoms with Crippen LogP contribution in [0, 0.1) is 6.92 Å². The molecule has 1 saturated heterocycles. The highest BCUT2D eigenvalue weighted by molar-refractivity contribution is 7.13. The lowest BCUT2D eigenvalue weighted by atomic mass is 10.1. The average Bonchev–Trinajstić information content (AvgIpc) is 2.78. The molecule has 0 bridgehead atoms. The Hall–Kier alpha value is -0.620. The molecule has 0 aliphatic carbocycles. The van der Waals surface area contributed by atoms with E-state index >= 15 is 0 Å². The molecule has 2 rings (SSSR count). The molecule has 20 heavy (non-hydrogen) atoms. The molecule has 1 N–H and O–H groups in total. The number of amides is 1. The summed E-state index contributed by atoms with van der Waals surface area (Å²) >= 11 is 7.54. The number of rotatable bonds is 5. The number of nitrogens with one attached hydrogen (secondary N) is 1. The van der Waals surface area contributed by atoms with Crippen molar-refractivity contribution in [2.45, 2.75) is 25.8 Å². The van der Waals surface area contributed by atoms with E-state index in [4.69, 9.17) is 16.3 Å². The van der Waals surface area contributed by atoms with Crippen LogP contribution in [0.3, 0.4) is 0 Å². The van der Waals surface area contributed by atoms with Gasteiger partial charge in [-0.2, -0.15) is 0 Å². The summed E-state index contributed by atoms with van der Waals surface area (Å²) in [6.45, 7) is 5.66. The van der Waals surface area contributed by atoms with Crippen LogP contribution in [0.5, 0.6) is 0 Å². The average molecular weight is 317 g/mol. The molecule has 0 spiro atoms. The van der Waals surface area contributed by atoms with Crippen molar-refractivity contribution in [2.24, 2.45) is 0 Å². The molecule has 6 heteroatoms. The van der Waals surface area contributed by atoms with E-state index in [0.717, 1.165) is 44.6 Å². The van der Waals surface area contributed by atoms with Crippen molar-refractivity contribution in [1.29, 1.82) is 0 Å². The number of likely N-dealkylation sites (tertiary alicyclic amines) is 1. The number of aryl methyl sites for hydroxylation is 1. The molecule has 0 aromatic carbocycles. The van der Waals surface area contributed by atoms with Crippen molar-refractivity contribution in [1.82, 2.24) is 10.2 Å². The molecule has 112 valence electrons. The minimum atomic E-state index is -0.0385. The zero-order valence-electron chi connectivity index (χ0n) is 11.9. The van der Waals surface area contributed by atoms with Gasteiger partial charge in [-0.25, -0.2) is 0 Å². The molecular formula is C14H21ClN2O2S. The molecule has 2 heterocycles. The van der Waals surface area contributed by atoms with E-state index < -0.39 is 0 Å². The Bertz CT molecular complexity index is 456. The molecule has 1 amide bonds. The third-order valence-electron chi connectivity index (χ3n) is 3.64. The normalized spacial score (nSPS) is 17.4. The fourth-order valence-electron chi connectivity index (χ4n) is 2.36. The zero-order valence-corrected chi connectivity index (χ0v) is 13.5. The first-order valence-corrected chi connectivity index (χ1v) is 8.13. The lowest BCUT2D eigenvalue weighted by Gasteiger charge is -2.32. The van der Waals surface area contributed by atoms with E-state index in [9.17, 15) is 4.79 Å². The molecule has 0 unspecified atom stereocenters. The standard InChI is InChI=1S/C14H21ClN2O2S/c1-10-9-20-13(12(10)15)14(18)16-11-3-5-17(6-4-11)7-8-19-2/h9,11H,3-8H2,1-2H3,(H,16,18). The van der Waals surface area contributed by atoms with Gasteiger partial charge in [0.05, 0.1) is 11.6 Å². The molecule has 1 aliphatic rings. The second-order valence-corrected chi connectivity index (χ2v) is 6.40. The van der Waals surface area contributed by atoms with E-state index in [-0.39, 0.29) is 11.9 Å². The summed E-state index contributed by atoms with van der Waals surface area (Å²) < 4.78 is 5.08. The second kappa shape index (κ2) is 7.41. The van der Waals surface area contributed by atoms with E-state index in [0.29, 0.717) is 9.90 Å². The van der Waals surface area contributed by atoms with E-state index in [1.54, 1.807) is 7.11 Å². The third-order valence-corrected chi connectivity index (χ3v) is 5.34. The molecule has 0 atom stereocenters. The van der Waals surface area contributed by atoms with Crippen molar-refractivity contribution in [3.63, 3.8) is 0 Å². The van der Waals surface area contributed by atoms with Crippen molar-refractivity contribution in [3.05, 3.63) is 20.8 Å². The van der Waals surface area contributed by atoms with Gasteiger partial charge in [0.2, 0.25) is 0 Å². The van der Waals surface area contributed by atoms with Gasteiger partial charge < -0.3 is 15.0 Å². The molecule has 1 aliphatic heterocycles. The molecule has 0 saturated carbocycles. The summed E-state index contributed by atoms with van der Waals surface area (Å²) in [4.78, 5) is 15.2. The summed E-state index contributed by atoms with van der Waals surface area (Å²) in [7, 11) is 1.72. The smallest absolute Gasteiger partial charge is 0.263 e. The van der Waals surface area contributed by atoms with Gasteiger partial charge in [-0.05, 0) is 30.7 Å². The number of hydrogen-bond acceptors (Lipinski definition) is 4. The Balaban J connectivity index is 1.81. The SMILES string of the molecule is COCCN1CCC(NC(=O)c2scc(C)c2Cl)CC1. The largest absolute Gasteiger partial charge is 0.383 e. The monoisotopic (exact) mass is 316 g/mol.